The lowest BCUT2D eigenvalue weighted by molar-refractivity contribution is -0.148. The third kappa shape index (κ3) is 5.44. The van der Waals surface area contributed by atoms with Crippen LogP contribution in [0.15, 0.2) is 29.3 Å². The molecule has 0 unspecified atom stereocenters. The van der Waals surface area contributed by atoms with Crippen LogP contribution in [0, 0.1) is 26.7 Å². The molecule has 1 aromatic heterocycles. The van der Waals surface area contributed by atoms with Gasteiger partial charge in [-0.3, -0.25) is 9.52 Å². The van der Waals surface area contributed by atoms with E-state index in [0.717, 1.165) is 5.56 Å². The number of nitrogens with zero attached hydrogens (tertiary/aromatic N) is 2. The van der Waals surface area contributed by atoms with Crippen LogP contribution < -0.4 is 9.62 Å². The van der Waals surface area contributed by atoms with Crippen molar-refractivity contribution in [3.8, 4) is 0 Å². The van der Waals surface area contributed by atoms with Crippen LogP contribution in [-0.2, 0) is 19.6 Å². The predicted molar refractivity (Wildman–Crippen MR) is 124 cm³/mol. The number of hydrogen-bond donors (Lipinski definition) is 2. The first kappa shape index (κ1) is 24.5. The number of aryl methyl sites for hydroxylation is 3. The largest absolute Gasteiger partial charge is 0.478 e. The molecular weight excluding hydrogens is 446 g/mol. The summed E-state index contributed by atoms with van der Waals surface area (Å²) in [4.78, 5) is 30.3. The molecule has 0 radical (unpaired) electrons. The second kappa shape index (κ2) is 9.78. The molecule has 0 aliphatic carbocycles. The van der Waals surface area contributed by atoms with Gasteiger partial charge in [0, 0.05) is 13.1 Å². The predicted octanol–water partition coefficient (Wildman–Crippen LogP) is 3.29. The van der Waals surface area contributed by atoms with Crippen LogP contribution in [0.25, 0.3) is 0 Å². The molecule has 1 aliphatic rings. The molecule has 1 saturated heterocycles. The average molecular weight is 476 g/mol. The molecule has 10 heteroatoms. The number of sulfonamides is 1. The fourth-order valence-electron chi connectivity index (χ4n) is 4.34. The first-order chi connectivity index (χ1) is 15.5. The first-order valence-electron chi connectivity index (χ1n) is 10.8. The highest BCUT2D eigenvalue weighted by atomic mass is 32.2. The Kier molecular flexibility index (Phi) is 7.26. The molecular formula is C23H29N3O6S. The molecule has 0 amide bonds. The Hall–Kier alpha value is -3.14. The summed E-state index contributed by atoms with van der Waals surface area (Å²) < 4.78 is 33.7. The van der Waals surface area contributed by atoms with Gasteiger partial charge in [0.15, 0.2) is 0 Å². The molecule has 3 rings (SSSR count). The van der Waals surface area contributed by atoms with Crippen LogP contribution in [0.3, 0.4) is 0 Å². The first-order valence-corrected chi connectivity index (χ1v) is 12.3. The molecule has 0 bridgehead atoms. The quantitative estimate of drug-likeness (QED) is 0.584. The number of carbonyl (C=O) groups is 2. The fraction of sp³-hybridized carbons (Fsp3) is 0.435. The Morgan fingerprint density at radius 3 is 2.48 bits per heavy atom. The molecule has 1 atom stereocenters. The number of aromatic nitrogens is 1. The lowest BCUT2D eigenvalue weighted by Crippen LogP contribution is -2.40. The maximum Gasteiger partial charge on any atom is 0.339 e. The molecule has 178 valence electrons. The van der Waals surface area contributed by atoms with Gasteiger partial charge in [0.2, 0.25) is 0 Å². The molecule has 2 heterocycles. The van der Waals surface area contributed by atoms with E-state index in [4.69, 9.17) is 4.74 Å². The highest BCUT2D eigenvalue weighted by Gasteiger charge is 2.30. The highest BCUT2D eigenvalue weighted by molar-refractivity contribution is 7.92. The van der Waals surface area contributed by atoms with E-state index in [2.05, 4.69) is 9.71 Å². The SMILES string of the molecule is CCOC(=O)[C@H]1CCCN(c2ncc(NS(=O)(=O)c3c(C)cc(C)cc3C)cc2C(=O)O)C1. The van der Waals surface area contributed by atoms with Crippen molar-refractivity contribution in [2.24, 2.45) is 5.92 Å². The van der Waals surface area contributed by atoms with Gasteiger partial charge < -0.3 is 14.7 Å². The third-order valence-electron chi connectivity index (χ3n) is 5.56. The highest BCUT2D eigenvalue weighted by Crippen LogP contribution is 2.29. The van der Waals surface area contributed by atoms with Crippen molar-refractivity contribution in [3.63, 3.8) is 0 Å². The van der Waals surface area contributed by atoms with E-state index in [-0.39, 0.29) is 40.5 Å². The summed E-state index contributed by atoms with van der Waals surface area (Å²) in [6, 6.07) is 4.82. The number of pyridine rings is 1. The van der Waals surface area contributed by atoms with Gasteiger partial charge >= 0.3 is 11.9 Å². The number of anilines is 2. The summed E-state index contributed by atoms with van der Waals surface area (Å²) in [5.41, 5.74) is 2.06. The van der Waals surface area contributed by atoms with Crippen molar-refractivity contribution in [3.05, 3.63) is 46.6 Å². The monoisotopic (exact) mass is 475 g/mol. The lowest BCUT2D eigenvalue weighted by Gasteiger charge is -2.33. The summed E-state index contributed by atoms with van der Waals surface area (Å²) >= 11 is 0. The number of carboxylic acids is 1. The number of rotatable bonds is 7. The van der Waals surface area contributed by atoms with Crippen LogP contribution in [0.1, 0.15) is 46.8 Å². The third-order valence-corrected chi connectivity index (χ3v) is 7.25. The Morgan fingerprint density at radius 2 is 1.88 bits per heavy atom. The van der Waals surface area contributed by atoms with Crippen molar-refractivity contribution in [1.82, 2.24) is 4.98 Å². The molecule has 1 fully saturated rings. The minimum atomic E-state index is -3.96. The number of carbonyl (C=O) groups excluding carboxylic acids is 1. The van der Waals surface area contributed by atoms with Gasteiger partial charge in [-0.15, -0.1) is 0 Å². The number of esters is 1. The zero-order chi connectivity index (χ0) is 24.3. The van der Waals surface area contributed by atoms with Crippen LogP contribution in [0.2, 0.25) is 0 Å². The van der Waals surface area contributed by atoms with E-state index in [1.165, 1.54) is 12.3 Å². The topological polar surface area (TPSA) is 126 Å². The van der Waals surface area contributed by atoms with E-state index >= 15 is 0 Å². The zero-order valence-electron chi connectivity index (χ0n) is 19.2. The Bertz CT molecular complexity index is 1160. The summed E-state index contributed by atoms with van der Waals surface area (Å²) in [5.74, 6) is -1.72. The molecule has 0 saturated carbocycles. The molecule has 0 spiro atoms. The van der Waals surface area contributed by atoms with Gasteiger partial charge in [-0.25, -0.2) is 18.2 Å². The minimum Gasteiger partial charge on any atom is -0.478 e. The molecule has 1 aromatic carbocycles. The van der Waals surface area contributed by atoms with Crippen molar-refractivity contribution >= 4 is 33.5 Å². The van der Waals surface area contributed by atoms with Crippen molar-refractivity contribution in [2.45, 2.75) is 45.4 Å². The summed E-state index contributed by atoms with van der Waals surface area (Å²) in [7, 11) is -3.96. The van der Waals surface area contributed by atoms with E-state index in [1.807, 2.05) is 6.92 Å². The van der Waals surface area contributed by atoms with E-state index in [1.54, 1.807) is 37.8 Å². The van der Waals surface area contributed by atoms with Crippen molar-refractivity contribution < 1.29 is 27.9 Å². The molecule has 1 aliphatic heterocycles. The summed E-state index contributed by atoms with van der Waals surface area (Å²) in [5, 5.41) is 9.78. The van der Waals surface area contributed by atoms with Crippen LogP contribution in [0.5, 0.6) is 0 Å². The normalized spacial score (nSPS) is 16.4. The molecule has 9 nitrogen and oxygen atoms in total. The van der Waals surface area contributed by atoms with Crippen molar-refractivity contribution in [1.29, 1.82) is 0 Å². The molecule has 33 heavy (non-hydrogen) atoms. The van der Waals surface area contributed by atoms with Crippen LogP contribution >= 0.6 is 0 Å². The number of nitrogens with one attached hydrogen (secondary N) is 1. The maximum absolute atomic E-state index is 13.1. The second-order valence-electron chi connectivity index (χ2n) is 8.27. The minimum absolute atomic E-state index is 0.0504. The zero-order valence-corrected chi connectivity index (χ0v) is 20.0. The van der Waals surface area contributed by atoms with Gasteiger partial charge in [-0.05, 0) is 57.7 Å². The number of ether oxygens (including phenoxy) is 1. The summed E-state index contributed by atoms with van der Waals surface area (Å²) in [6.07, 6.45) is 2.64. The van der Waals surface area contributed by atoms with Gasteiger partial charge in [0.05, 0.1) is 29.3 Å². The van der Waals surface area contributed by atoms with Gasteiger partial charge in [-0.2, -0.15) is 0 Å². The number of piperidine rings is 1. The Balaban J connectivity index is 1.91. The molecule has 2 N–H and O–H groups in total. The van der Waals surface area contributed by atoms with Crippen molar-refractivity contribution in [2.75, 3.05) is 29.3 Å². The second-order valence-corrected chi connectivity index (χ2v) is 9.89. The standard InChI is InChI=1S/C23H29N3O6S/c1-5-32-23(29)17-7-6-8-26(13-17)21-19(22(27)28)11-18(12-24-21)25-33(30,31)20-15(3)9-14(2)10-16(20)4/h9-12,17,25H,5-8,13H2,1-4H3,(H,27,28)/t17-/m0/s1. The van der Waals surface area contributed by atoms with E-state index in [9.17, 15) is 23.1 Å². The maximum atomic E-state index is 13.1. The Labute approximate surface area is 193 Å². The fourth-order valence-corrected chi connectivity index (χ4v) is 5.83. The Morgan fingerprint density at radius 1 is 1.21 bits per heavy atom. The van der Waals surface area contributed by atoms with Gasteiger partial charge in [0.1, 0.15) is 11.4 Å². The van der Waals surface area contributed by atoms with Crippen LogP contribution in [-0.4, -0.2) is 50.1 Å². The number of carboxylic acid groups (broad SMARTS) is 1. The number of hydrogen-bond acceptors (Lipinski definition) is 7. The molecule has 2 aromatic rings. The summed E-state index contributed by atoms with van der Waals surface area (Å²) in [6.45, 7) is 8.17. The van der Waals surface area contributed by atoms with E-state index < -0.39 is 16.0 Å². The number of aromatic carboxylic acids is 1. The van der Waals surface area contributed by atoms with Gasteiger partial charge in [0.25, 0.3) is 10.0 Å². The van der Waals surface area contributed by atoms with E-state index in [0.29, 0.717) is 37.1 Å². The van der Waals surface area contributed by atoms with Gasteiger partial charge in [-0.1, -0.05) is 17.7 Å². The average Bonchev–Trinajstić information content (AvgIpc) is 2.72. The smallest absolute Gasteiger partial charge is 0.339 e. The van der Waals surface area contributed by atoms with Crippen LogP contribution in [0.4, 0.5) is 11.5 Å². The number of benzene rings is 1. The lowest BCUT2D eigenvalue weighted by atomic mass is 9.98.